The topological polar surface area (TPSA) is 71.7 Å². The lowest BCUT2D eigenvalue weighted by molar-refractivity contribution is 0.0243. The van der Waals surface area contributed by atoms with Crippen molar-refractivity contribution in [2.75, 3.05) is 20.3 Å². The number of carbonyl (C=O) groups is 1. The van der Waals surface area contributed by atoms with Crippen molar-refractivity contribution in [2.24, 2.45) is 0 Å². The molecule has 0 aliphatic heterocycles. The Hall–Kier alpha value is -1.04. The molecule has 0 bridgehead atoms. The number of ether oxygens (including phenoxy) is 1. The van der Waals surface area contributed by atoms with Crippen molar-refractivity contribution in [3.8, 4) is 0 Å². The predicted octanol–water partition coefficient (Wildman–Crippen LogP) is 1.45. The molecule has 0 aliphatic carbocycles. The number of carbonyl (C=O) groups excluding carboxylic acids is 1. The minimum Gasteiger partial charge on any atom is -0.452 e. The summed E-state index contributed by atoms with van der Waals surface area (Å²) in [6.07, 6.45) is 1.77. The third-order valence-electron chi connectivity index (χ3n) is 2.34. The van der Waals surface area contributed by atoms with E-state index >= 15 is 0 Å². The summed E-state index contributed by atoms with van der Waals surface area (Å²) in [5.41, 5.74) is -0.753. The van der Waals surface area contributed by atoms with E-state index in [1.165, 1.54) is 12.3 Å². The van der Waals surface area contributed by atoms with Gasteiger partial charge >= 0.3 is 0 Å². The van der Waals surface area contributed by atoms with Crippen LogP contribution in [-0.2, 0) is 4.74 Å². The Kier molecular flexibility index (Phi) is 4.99. The van der Waals surface area contributed by atoms with E-state index in [0.717, 1.165) is 0 Å². The Labute approximate surface area is 105 Å². The second-order valence-corrected chi connectivity index (χ2v) is 4.37. The van der Waals surface area contributed by atoms with Crippen LogP contribution in [0.4, 0.5) is 0 Å². The standard InChI is InChI=1S/C11H16ClNO4/c1-11(15,4-6-16-2)7-13-10(14)8-3-5-17-9(8)12/h3,5,15H,4,6-7H2,1-2H3,(H,13,14). The molecule has 5 nitrogen and oxygen atoms in total. The predicted molar refractivity (Wildman–Crippen MR) is 63.2 cm³/mol. The molecule has 6 heteroatoms. The van der Waals surface area contributed by atoms with Gasteiger partial charge in [-0.2, -0.15) is 0 Å². The van der Waals surface area contributed by atoms with Crippen molar-refractivity contribution in [3.05, 3.63) is 23.1 Å². The first-order chi connectivity index (χ1) is 7.96. The molecule has 0 aromatic carbocycles. The van der Waals surface area contributed by atoms with Gasteiger partial charge in [0.2, 0.25) is 5.22 Å². The molecular formula is C11H16ClNO4. The monoisotopic (exact) mass is 261 g/mol. The summed E-state index contributed by atoms with van der Waals surface area (Å²) in [5.74, 6) is -0.374. The number of furan rings is 1. The number of halogens is 1. The molecule has 0 radical (unpaired) electrons. The number of hydrogen-bond donors (Lipinski definition) is 2. The molecule has 0 saturated carbocycles. The zero-order chi connectivity index (χ0) is 12.9. The summed E-state index contributed by atoms with van der Waals surface area (Å²) in [5, 5.41) is 12.5. The van der Waals surface area contributed by atoms with E-state index in [1.54, 1.807) is 14.0 Å². The number of amides is 1. The molecule has 96 valence electrons. The highest BCUT2D eigenvalue weighted by atomic mass is 35.5. The van der Waals surface area contributed by atoms with Crippen LogP contribution in [0.5, 0.6) is 0 Å². The van der Waals surface area contributed by atoms with Crippen molar-refractivity contribution in [1.82, 2.24) is 5.32 Å². The molecule has 1 aromatic rings. The van der Waals surface area contributed by atoms with Crippen molar-refractivity contribution in [2.45, 2.75) is 18.9 Å². The average Bonchev–Trinajstić information content (AvgIpc) is 2.70. The van der Waals surface area contributed by atoms with Crippen LogP contribution in [0.25, 0.3) is 0 Å². The lowest BCUT2D eigenvalue weighted by Crippen LogP contribution is -2.41. The molecule has 1 aromatic heterocycles. The minimum atomic E-state index is -1.01. The number of nitrogens with one attached hydrogen (secondary N) is 1. The highest BCUT2D eigenvalue weighted by Gasteiger charge is 2.22. The fraction of sp³-hybridized carbons (Fsp3) is 0.545. The van der Waals surface area contributed by atoms with E-state index < -0.39 is 5.60 Å². The molecule has 2 N–H and O–H groups in total. The number of aliphatic hydroxyl groups is 1. The fourth-order valence-corrected chi connectivity index (χ4v) is 1.43. The molecule has 0 spiro atoms. The van der Waals surface area contributed by atoms with Crippen LogP contribution in [-0.4, -0.2) is 36.9 Å². The third-order valence-corrected chi connectivity index (χ3v) is 2.63. The van der Waals surface area contributed by atoms with Crippen LogP contribution in [0.2, 0.25) is 5.22 Å². The Morgan fingerprint density at radius 3 is 2.94 bits per heavy atom. The van der Waals surface area contributed by atoms with Gasteiger partial charge in [0.05, 0.1) is 17.4 Å². The van der Waals surface area contributed by atoms with Crippen LogP contribution in [0, 0.1) is 0 Å². The number of methoxy groups -OCH3 is 1. The molecular weight excluding hydrogens is 246 g/mol. The van der Waals surface area contributed by atoms with Crippen LogP contribution in [0.15, 0.2) is 16.7 Å². The molecule has 17 heavy (non-hydrogen) atoms. The van der Waals surface area contributed by atoms with Gasteiger partial charge in [0.25, 0.3) is 5.91 Å². The summed E-state index contributed by atoms with van der Waals surface area (Å²) < 4.78 is 9.67. The normalized spacial score (nSPS) is 14.4. The van der Waals surface area contributed by atoms with E-state index in [1.807, 2.05) is 0 Å². The number of hydrogen-bond acceptors (Lipinski definition) is 4. The molecule has 0 fully saturated rings. The SMILES string of the molecule is COCCC(C)(O)CNC(=O)c1ccoc1Cl. The second kappa shape index (κ2) is 6.05. The van der Waals surface area contributed by atoms with E-state index in [4.69, 9.17) is 20.8 Å². The lowest BCUT2D eigenvalue weighted by Gasteiger charge is -2.23. The second-order valence-electron chi connectivity index (χ2n) is 4.03. The average molecular weight is 262 g/mol. The first kappa shape index (κ1) is 14.0. The molecule has 0 aliphatic rings. The van der Waals surface area contributed by atoms with Crippen LogP contribution in [0.3, 0.4) is 0 Å². The third kappa shape index (κ3) is 4.38. The summed E-state index contributed by atoms with van der Waals surface area (Å²) in [6, 6.07) is 1.47. The van der Waals surface area contributed by atoms with E-state index in [2.05, 4.69) is 5.32 Å². The van der Waals surface area contributed by atoms with Crippen LogP contribution in [0.1, 0.15) is 23.7 Å². The lowest BCUT2D eigenvalue weighted by atomic mass is 10.0. The van der Waals surface area contributed by atoms with E-state index in [9.17, 15) is 9.90 Å². The van der Waals surface area contributed by atoms with Gasteiger partial charge in [-0.05, 0) is 24.6 Å². The molecule has 1 amide bonds. The van der Waals surface area contributed by atoms with Gasteiger partial charge in [-0.3, -0.25) is 4.79 Å². The van der Waals surface area contributed by atoms with Gasteiger partial charge in [-0.15, -0.1) is 0 Å². The summed E-state index contributed by atoms with van der Waals surface area (Å²) >= 11 is 5.66. The smallest absolute Gasteiger partial charge is 0.256 e. The maximum Gasteiger partial charge on any atom is 0.256 e. The quantitative estimate of drug-likeness (QED) is 0.813. The van der Waals surface area contributed by atoms with Crippen LogP contribution < -0.4 is 5.32 Å². The number of rotatable bonds is 6. The largest absolute Gasteiger partial charge is 0.452 e. The maximum atomic E-state index is 11.6. The van der Waals surface area contributed by atoms with E-state index in [-0.39, 0.29) is 23.2 Å². The van der Waals surface area contributed by atoms with Crippen molar-refractivity contribution < 1.29 is 19.1 Å². The zero-order valence-electron chi connectivity index (χ0n) is 9.83. The molecule has 1 unspecified atom stereocenters. The highest BCUT2D eigenvalue weighted by Crippen LogP contribution is 2.16. The Balaban J connectivity index is 2.45. The molecule has 1 atom stereocenters. The first-order valence-corrected chi connectivity index (χ1v) is 5.56. The molecule has 1 rings (SSSR count). The van der Waals surface area contributed by atoms with E-state index in [0.29, 0.717) is 13.0 Å². The summed E-state index contributed by atoms with van der Waals surface area (Å²) in [7, 11) is 1.56. The van der Waals surface area contributed by atoms with Crippen molar-refractivity contribution in [3.63, 3.8) is 0 Å². The Morgan fingerprint density at radius 1 is 1.71 bits per heavy atom. The molecule has 0 saturated heterocycles. The van der Waals surface area contributed by atoms with Gasteiger partial charge in [0.1, 0.15) is 0 Å². The summed E-state index contributed by atoms with van der Waals surface area (Å²) in [4.78, 5) is 11.6. The van der Waals surface area contributed by atoms with Crippen molar-refractivity contribution in [1.29, 1.82) is 0 Å². The molecule has 1 heterocycles. The van der Waals surface area contributed by atoms with Crippen molar-refractivity contribution >= 4 is 17.5 Å². The van der Waals surface area contributed by atoms with Gasteiger partial charge in [0.15, 0.2) is 0 Å². The highest BCUT2D eigenvalue weighted by molar-refractivity contribution is 6.32. The Bertz CT molecular complexity index is 375. The minimum absolute atomic E-state index is 0.0408. The van der Waals surface area contributed by atoms with Gasteiger partial charge < -0.3 is 19.6 Å². The van der Waals surface area contributed by atoms with Gasteiger partial charge in [-0.1, -0.05) is 0 Å². The zero-order valence-corrected chi connectivity index (χ0v) is 10.6. The first-order valence-electron chi connectivity index (χ1n) is 5.19. The maximum absolute atomic E-state index is 11.6. The van der Waals surface area contributed by atoms with Gasteiger partial charge in [0, 0.05) is 26.7 Å². The summed E-state index contributed by atoms with van der Waals surface area (Å²) in [6.45, 7) is 2.18. The fourth-order valence-electron chi connectivity index (χ4n) is 1.23. The Morgan fingerprint density at radius 2 is 2.41 bits per heavy atom. The van der Waals surface area contributed by atoms with Crippen LogP contribution >= 0.6 is 11.6 Å². The van der Waals surface area contributed by atoms with Gasteiger partial charge in [-0.25, -0.2) is 0 Å².